The number of hydrogen-bond donors (Lipinski definition) is 2. The summed E-state index contributed by atoms with van der Waals surface area (Å²) in [6.45, 7) is 0.822. The van der Waals surface area contributed by atoms with Crippen LogP contribution in [0, 0.1) is 5.95 Å². The maximum absolute atomic E-state index is 14.4. The second kappa shape index (κ2) is 7.61. The molecule has 1 unspecified atom stereocenters. The SMILES string of the molecule is Fc1nc(NCc2ccc(C(F)(F)F)nc2)ccc1CC1CNc2ncncc21. The Morgan fingerprint density at radius 1 is 1.10 bits per heavy atom. The fraction of sp³-hybridized carbons (Fsp3) is 0.263. The number of rotatable bonds is 5. The molecule has 2 N–H and O–H groups in total. The number of fused-ring (bicyclic) bond motifs is 1. The van der Waals surface area contributed by atoms with Gasteiger partial charge in [-0.05, 0) is 24.1 Å². The van der Waals surface area contributed by atoms with Crippen molar-refractivity contribution in [2.75, 3.05) is 17.2 Å². The average Bonchev–Trinajstić information content (AvgIpc) is 3.11. The molecule has 150 valence electrons. The van der Waals surface area contributed by atoms with E-state index in [9.17, 15) is 17.6 Å². The van der Waals surface area contributed by atoms with Crippen molar-refractivity contribution >= 4 is 11.6 Å². The first-order chi connectivity index (χ1) is 13.9. The molecule has 1 aliphatic rings. The van der Waals surface area contributed by atoms with Gasteiger partial charge in [-0.25, -0.2) is 15.0 Å². The molecular weight excluding hydrogens is 388 g/mol. The van der Waals surface area contributed by atoms with Gasteiger partial charge in [-0.1, -0.05) is 12.1 Å². The summed E-state index contributed by atoms with van der Waals surface area (Å²) in [6.07, 6.45) is 0.297. The molecule has 4 rings (SSSR count). The molecule has 0 radical (unpaired) electrons. The standard InChI is InChI=1S/C19H16F4N6/c20-17-12(5-13-8-27-18-14(13)9-24-10-28-18)2-4-16(29-17)26-7-11-1-3-15(25-6-11)19(21,22)23/h1-4,6,9-10,13H,5,7-8H2,(H,26,29)(H,24,27,28). The fourth-order valence-corrected chi connectivity index (χ4v) is 3.17. The summed E-state index contributed by atoms with van der Waals surface area (Å²) in [5.74, 6) is 0.520. The normalized spacial score (nSPS) is 15.7. The lowest BCUT2D eigenvalue weighted by Gasteiger charge is -2.12. The quantitative estimate of drug-likeness (QED) is 0.498. The summed E-state index contributed by atoms with van der Waals surface area (Å²) in [5.41, 5.74) is 0.986. The molecule has 0 bridgehead atoms. The number of nitrogens with zero attached hydrogens (tertiary/aromatic N) is 4. The van der Waals surface area contributed by atoms with Crippen LogP contribution in [0.1, 0.15) is 28.3 Å². The zero-order chi connectivity index (χ0) is 20.4. The van der Waals surface area contributed by atoms with Crippen LogP contribution in [0.25, 0.3) is 0 Å². The van der Waals surface area contributed by atoms with E-state index in [1.54, 1.807) is 18.3 Å². The van der Waals surface area contributed by atoms with E-state index in [2.05, 4.69) is 30.6 Å². The molecule has 0 saturated heterocycles. The second-order valence-corrected chi connectivity index (χ2v) is 6.66. The lowest BCUT2D eigenvalue weighted by atomic mass is 9.96. The molecule has 3 aromatic heterocycles. The van der Waals surface area contributed by atoms with E-state index in [4.69, 9.17) is 0 Å². The molecule has 10 heteroatoms. The summed E-state index contributed by atoms with van der Waals surface area (Å²) in [4.78, 5) is 15.5. The maximum Gasteiger partial charge on any atom is 0.433 e. The Kier molecular flexibility index (Phi) is 4.99. The molecule has 0 amide bonds. The number of halogens is 4. The summed E-state index contributed by atoms with van der Waals surface area (Å²) in [5, 5.41) is 6.06. The average molecular weight is 404 g/mol. The Morgan fingerprint density at radius 3 is 2.69 bits per heavy atom. The fourth-order valence-electron chi connectivity index (χ4n) is 3.17. The predicted octanol–water partition coefficient (Wildman–Crippen LogP) is 3.79. The first-order valence-electron chi connectivity index (χ1n) is 8.85. The number of pyridine rings is 2. The highest BCUT2D eigenvalue weighted by Gasteiger charge is 2.32. The molecule has 1 atom stereocenters. The number of hydrogen-bond acceptors (Lipinski definition) is 6. The summed E-state index contributed by atoms with van der Waals surface area (Å²) < 4.78 is 52.1. The van der Waals surface area contributed by atoms with Crippen LogP contribution in [0.5, 0.6) is 0 Å². The van der Waals surface area contributed by atoms with Crippen molar-refractivity contribution in [2.45, 2.75) is 25.1 Å². The van der Waals surface area contributed by atoms with Gasteiger partial charge in [0.15, 0.2) is 0 Å². The van der Waals surface area contributed by atoms with E-state index >= 15 is 0 Å². The highest BCUT2D eigenvalue weighted by molar-refractivity contribution is 5.51. The van der Waals surface area contributed by atoms with Crippen molar-refractivity contribution in [3.8, 4) is 0 Å². The van der Waals surface area contributed by atoms with Gasteiger partial charge in [0.1, 0.15) is 23.7 Å². The first-order valence-corrected chi connectivity index (χ1v) is 8.85. The Labute approximate surface area is 163 Å². The van der Waals surface area contributed by atoms with Crippen LogP contribution in [0.2, 0.25) is 0 Å². The predicted molar refractivity (Wildman–Crippen MR) is 97.7 cm³/mol. The summed E-state index contributed by atoms with van der Waals surface area (Å²) in [7, 11) is 0. The van der Waals surface area contributed by atoms with Gasteiger partial charge in [0.25, 0.3) is 0 Å². The first kappa shape index (κ1) is 19.0. The van der Waals surface area contributed by atoms with E-state index < -0.39 is 17.8 Å². The van der Waals surface area contributed by atoms with Gasteiger partial charge >= 0.3 is 6.18 Å². The van der Waals surface area contributed by atoms with Crippen LogP contribution >= 0.6 is 0 Å². The summed E-state index contributed by atoms with van der Waals surface area (Å²) in [6, 6.07) is 5.52. The molecule has 0 aromatic carbocycles. The van der Waals surface area contributed by atoms with Gasteiger partial charge in [-0.3, -0.25) is 4.98 Å². The number of alkyl halides is 3. The van der Waals surface area contributed by atoms with E-state index in [0.717, 1.165) is 23.6 Å². The van der Waals surface area contributed by atoms with E-state index in [-0.39, 0.29) is 12.5 Å². The van der Waals surface area contributed by atoms with Crippen molar-refractivity contribution in [1.82, 2.24) is 19.9 Å². The third-order valence-corrected chi connectivity index (χ3v) is 4.68. The molecule has 0 fully saturated rings. The molecule has 6 nitrogen and oxygen atoms in total. The Bertz CT molecular complexity index is 1010. The van der Waals surface area contributed by atoms with Crippen molar-refractivity contribution in [2.24, 2.45) is 0 Å². The molecule has 0 spiro atoms. The number of nitrogens with one attached hydrogen (secondary N) is 2. The van der Waals surface area contributed by atoms with Crippen molar-refractivity contribution in [1.29, 1.82) is 0 Å². The lowest BCUT2D eigenvalue weighted by Crippen LogP contribution is -2.10. The number of anilines is 2. The van der Waals surface area contributed by atoms with Gasteiger partial charge in [0.2, 0.25) is 5.95 Å². The van der Waals surface area contributed by atoms with Gasteiger partial charge in [-0.15, -0.1) is 0 Å². The lowest BCUT2D eigenvalue weighted by molar-refractivity contribution is -0.141. The van der Waals surface area contributed by atoms with Crippen LogP contribution in [0.15, 0.2) is 43.0 Å². The van der Waals surface area contributed by atoms with Crippen LogP contribution in [-0.2, 0) is 19.1 Å². The van der Waals surface area contributed by atoms with Crippen molar-refractivity contribution < 1.29 is 17.6 Å². The molecule has 3 aromatic rings. The Hall–Kier alpha value is -3.30. The van der Waals surface area contributed by atoms with Crippen LogP contribution in [0.3, 0.4) is 0 Å². The third kappa shape index (κ3) is 4.25. The Balaban J connectivity index is 1.39. The van der Waals surface area contributed by atoms with E-state index in [1.807, 2.05) is 0 Å². The molecule has 0 saturated carbocycles. The van der Waals surface area contributed by atoms with E-state index in [0.29, 0.717) is 29.9 Å². The largest absolute Gasteiger partial charge is 0.433 e. The highest BCUT2D eigenvalue weighted by Crippen LogP contribution is 2.32. The highest BCUT2D eigenvalue weighted by atomic mass is 19.4. The van der Waals surface area contributed by atoms with Crippen LogP contribution in [0.4, 0.5) is 29.2 Å². The zero-order valence-electron chi connectivity index (χ0n) is 15.0. The maximum atomic E-state index is 14.4. The molecule has 4 heterocycles. The topological polar surface area (TPSA) is 75.6 Å². The molecule has 1 aliphatic heterocycles. The third-order valence-electron chi connectivity index (χ3n) is 4.68. The molecule has 0 aliphatic carbocycles. The minimum atomic E-state index is -4.48. The Morgan fingerprint density at radius 2 is 1.97 bits per heavy atom. The van der Waals surface area contributed by atoms with Gasteiger partial charge in [0, 0.05) is 42.5 Å². The van der Waals surface area contributed by atoms with Gasteiger partial charge < -0.3 is 10.6 Å². The van der Waals surface area contributed by atoms with Gasteiger partial charge in [-0.2, -0.15) is 17.6 Å². The summed E-state index contributed by atoms with van der Waals surface area (Å²) >= 11 is 0. The number of aromatic nitrogens is 4. The van der Waals surface area contributed by atoms with E-state index in [1.165, 1.54) is 12.4 Å². The van der Waals surface area contributed by atoms with Crippen LogP contribution < -0.4 is 10.6 Å². The minimum Gasteiger partial charge on any atom is -0.369 e. The zero-order valence-corrected chi connectivity index (χ0v) is 15.0. The van der Waals surface area contributed by atoms with Crippen molar-refractivity contribution in [3.63, 3.8) is 0 Å². The monoisotopic (exact) mass is 404 g/mol. The van der Waals surface area contributed by atoms with Crippen molar-refractivity contribution in [3.05, 3.63) is 71.3 Å². The smallest absolute Gasteiger partial charge is 0.369 e. The molecule has 29 heavy (non-hydrogen) atoms. The minimum absolute atomic E-state index is 0.0551. The molecular formula is C19H16F4N6. The second-order valence-electron chi connectivity index (χ2n) is 6.66. The van der Waals surface area contributed by atoms with Gasteiger partial charge in [0.05, 0.1) is 0 Å². The van der Waals surface area contributed by atoms with Crippen LogP contribution in [-0.4, -0.2) is 26.5 Å².